The molecule has 0 saturated heterocycles. The topological polar surface area (TPSA) is 29.5 Å². The van der Waals surface area contributed by atoms with Crippen molar-refractivity contribution in [1.82, 2.24) is 0 Å². The first-order valence-corrected chi connectivity index (χ1v) is 5.65. The number of benzene rings is 2. The Kier molecular flexibility index (Phi) is 3.82. The van der Waals surface area contributed by atoms with Crippen molar-refractivity contribution in [2.24, 2.45) is 0 Å². The molecule has 0 bridgehead atoms. The van der Waals surface area contributed by atoms with E-state index in [9.17, 15) is 5.11 Å². The smallest absolute Gasteiger partial charge is 0.138 e. The number of allylic oxidation sites excluding steroid dienone is 2. The molecule has 0 aliphatic carbocycles. The number of rotatable bonds is 4. The van der Waals surface area contributed by atoms with Crippen molar-refractivity contribution in [3.63, 3.8) is 0 Å². The Bertz CT molecular complexity index is 556. The van der Waals surface area contributed by atoms with E-state index in [1.165, 1.54) is 12.2 Å². The Morgan fingerprint density at radius 3 is 2.39 bits per heavy atom. The zero-order chi connectivity index (χ0) is 12.8. The van der Waals surface area contributed by atoms with Gasteiger partial charge in [-0.15, -0.1) is 0 Å². The van der Waals surface area contributed by atoms with Crippen LogP contribution in [0, 0.1) is 0 Å². The molecule has 2 rings (SSSR count). The highest BCUT2D eigenvalue weighted by atomic mass is 16.5. The van der Waals surface area contributed by atoms with E-state index in [2.05, 4.69) is 6.58 Å². The van der Waals surface area contributed by atoms with Crippen LogP contribution in [0.4, 0.5) is 0 Å². The quantitative estimate of drug-likeness (QED) is 0.624. The monoisotopic (exact) mass is 238 g/mol. The first-order chi connectivity index (χ1) is 8.81. The highest BCUT2D eigenvalue weighted by Crippen LogP contribution is 2.28. The third-order valence-corrected chi connectivity index (χ3v) is 2.41. The van der Waals surface area contributed by atoms with E-state index in [-0.39, 0.29) is 5.76 Å². The van der Waals surface area contributed by atoms with Crippen LogP contribution in [0.2, 0.25) is 0 Å². The lowest BCUT2D eigenvalue weighted by molar-refractivity contribution is 0.467. The summed E-state index contributed by atoms with van der Waals surface area (Å²) in [6, 6.07) is 16.8. The lowest BCUT2D eigenvalue weighted by atomic mass is 10.1. The molecule has 0 spiro atoms. The Morgan fingerprint density at radius 2 is 1.67 bits per heavy atom. The van der Waals surface area contributed by atoms with Gasteiger partial charge in [-0.3, -0.25) is 0 Å². The lowest BCUT2D eigenvalue weighted by Crippen LogP contribution is -1.90. The minimum Gasteiger partial charge on any atom is -0.507 e. The number of hydrogen-bond acceptors (Lipinski definition) is 2. The SMILES string of the molecule is C=C/C=C(/O)c1ccccc1Oc1ccccc1. The molecular weight excluding hydrogens is 224 g/mol. The Labute approximate surface area is 106 Å². The first-order valence-electron chi connectivity index (χ1n) is 5.65. The normalized spacial score (nSPS) is 11.0. The molecule has 0 unspecified atom stereocenters. The van der Waals surface area contributed by atoms with Gasteiger partial charge in [0, 0.05) is 0 Å². The molecule has 0 aromatic heterocycles. The van der Waals surface area contributed by atoms with Gasteiger partial charge in [0.1, 0.15) is 17.3 Å². The second-order valence-corrected chi connectivity index (χ2v) is 3.70. The van der Waals surface area contributed by atoms with Gasteiger partial charge in [-0.1, -0.05) is 43.0 Å². The van der Waals surface area contributed by atoms with Crippen LogP contribution in [0.15, 0.2) is 73.3 Å². The van der Waals surface area contributed by atoms with Gasteiger partial charge in [0.15, 0.2) is 0 Å². The first kappa shape index (κ1) is 12.0. The van der Waals surface area contributed by atoms with Crippen LogP contribution >= 0.6 is 0 Å². The minimum atomic E-state index is 0.136. The van der Waals surface area contributed by atoms with Gasteiger partial charge in [0.25, 0.3) is 0 Å². The van der Waals surface area contributed by atoms with E-state index in [4.69, 9.17) is 4.74 Å². The predicted molar refractivity (Wildman–Crippen MR) is 73.8 cm³/mol. The molecule has 2 nitrogen and oxygen atoms in total. The van der Waals surface area contributed by atoms with Gasteiger partial charge >= 0.3 is 0 Å². The maximum Gasteiger partial charge on any atom is 0.138 e. The highest BCUT2D eigenvalue weighted by Gasteiger charge is 2.07. The van der Waals surface area contributed by atoms with Crippen molar-refractivity contribution < 1.29 is 9.84 Å². The summed E-state index contributed by atoms with van der Waals surface area (Å²) >= 11 is 0. The van der Waals surface area contributed by atoms with Crippen LogP contribution in [0.1, 0.15) is 5.56 Å². The van der Waals surface area contributed by atoms with Crippen molar-refractivity contribution in [3.05, 3.63) is 78.9 Å². The van der Waals surface area contributed by atoms with Crippen molar-refractivity contribution >= 4 is 5.76 Å². The standard InChI is InChI=1S/C16H14O2/c1-2-8-15(17)14-11-6-7-12-16(14)18-13-9-4-3-5-10-13/h2-12,17H,1H2/b15-8+. The summed E-state index contributed by atoms with van der Waals surface area (Å²) in [5.41, 5.74) is 0.640. The van der Waals surface area contributed by atoms with E-state index in [0.29, 0.717) is 11.3 Å². The van der Waals surface area contributed by atoms with Crippen LogP contribution in [0.5, 0.6) is 11.5 Å². The molecule has 1 N–H and O–H groups in total. The van der Waals surface area contributed by atoms with Gasteiger partial charge in [-0.05, 0) is 30.3 Å². The average molecular weight is 238 g/mol. The summed E-state index contributed by atoms with van der Waals surface area (Å²) in [6.07, 6.45) is 3.07. The van der Waals surface area contributed by atoms with E-state index in [0.717, 1.165) is 5.75 Å². The second kappa shape index (κ2) is 5.73. The van der Waals surface area contributed by atoms with E-state index < -0.39 is 0 Å². The molecule has 0 saturated carbocycles. The van der Waals surface area contributed by atoms with Crippen molar-refractivity contribution in [1.29, 1.82) is 0 Å². The molecule has 0 fully saturated rings. The minimum absolute atomic E-state index is 0.136. The molecular formula is C16H14O2. The number of para-hydroxylation sites is 2. The largest absolute Gasteiger partial charge is 0.507 e. The third kappa shape index (κ3) is 2.80. The van der Waals surface area contributed by atoms with Gasteiger partial charge in [0.05, 0.1) is 5.56 Å². The second-order valence-electron chi connectivity index (χ2n) is 3.70. The zero-order valence-corrected chi connectivity index (χ0v) is 9.91. The summed E-state index contributed by atoms with van der Waals surface area (Å²) < 4.78 is 5.74. The molecule has 2 aromatic carbocycles. The van der Waals surface area contributed by atoms with E-state index >= 15 is 0 Å². The van der Waals surface area contributed by atoms with Crippen molar-refractivity contribution in [2.75, 3.05) is 0 Å². The molecule has 0 amide bonds. The van der Waals surface area contributed by atoms with Crippen LogP contribution in [0.3, 0.4) is 0 Å². The van der Waals surface area contributed by atoms with Gasteiger partial charge in [0.2, 0.25) is 0 Å². The molecule has 0 atom stereocenters. The molecule has 2 heteroatoms. The molecule has 0 heterocycles. The van der Waals surface area contributed by atoms with Crippen LogP contribution in [0.25, 0.3) is 5.76 Å². The van der Waals surface area contributed by atoms with Crippen molar-refractivity contribution in [3.8, 4) is 11.5 Å². The summed E-state index contributed by atoms with van der Waals surface area (Å²) in [7, 11) is 0. The van der Waals surface area contributed by atoms with Crippen LogP contribution in [-0.2, 0) is 0 Å². The molecule has 2 aromatic rings. The fourth-order valence-corrected chi connectivity index (χ4v) is 1.58. The molecule has 90 valence electrons. The molecule has 0 radical (unpaired) electrons. The number of aliphatic hydroxyl groups is 1. The van der Waals surface area contributed by atoms with Gasteiger partial charge < -0.3 is 9.84 Å². The average Bonchev–Trinajstić information content (AvgIpc) is 2.41. The maximum atomic E-state index is 9.89. The number of ether oxygens (including phenoxy) is 1. The predicted octanol–water partition coefficient (Wildman–Crippen LogP) is 4.56. The third-order valence-electron chi connectivity index (χ3n) is 2.41. The van der Waals surface area contributed by atoms with E-state index in [1.54, 1.807) is 6.07 Å². The number of hydrogen-bond donors (Lipinski definition) is 1. The highest BCUT2D eigenvalue weighted by molar-refractivity contribution is 5.66. The van der Waals surface area contributed by atoms with Gasteiger partial charge in [-0.2, -0.15) is 0 Å². The van der Waals surface area contributed by atoms with Crippen molar-refractivity contribution in [2.45, 2.75) is 0 Å². The molecule has 0 aliphatic rings. The fourth-order valence-electron chi connectivity index (χ4n) is 1.58. The zero-order valence-electron chi connectivity index (χ0n) is 9.91. The molecule has 18 heavy (non-hydrogen) atoms. The Hall–Kier alpha value is -2.48. The Morgan fingerprint density at radius 1 is 1.00 bits per heavy atom. The maximum absolute atomic E-state index is 9.89. The lowest BCUT2D eigenvalue weighted by Gasteiger charge is -2.10. The summed E-state index contributed by atoms with van der Waals surface area (Å²) in [5, 5.41) is 9.89. The number of aliphatic hydroxyl groups excluding tert-OH is 1. The van der Waals surface area contributed by atoms with Crippen LogP contribution in [-0.4, -0.2) is 5.11 Å². The summed E-state index contributed by atoms with van der Waals surface area (Å²) in [4.78, 5) is 0. The summed E-state index contributed by atoms with van der Waals surface area (Å²) in [6.45, 7) is 3.56. The van der Waals surface area contributed by atoms with Crippen LogP contribution < -0.4 is 4.74 Å². The molecule has 0 aliphatic heterocycles. The van der Waals surface area contributed by atoms with E-state index in [1.807, 2.05) is 48.5 Å². The Balaban J connectivity index is 2.34. The van der Waals surface area contributed by atoms with Gasteiger partial charge in [-0.25, -0.2) is 0 Å². The summed E-state index contributed by atoms with van der Waals surface area (Å²) in [5.74, 6) is 1.48. The fraction of sp³-hybridized carbons (Fsp3) is 0.